The standard InChI is InChI=1S/C26H21NO2/c1-18-9-8-14-21(15-18)24-22(16-19-10-4-2-5-11-19)26(28)29-25(23(24)17-27)20-12-6-3-7-13-20/h2-15,22,24H,16H2,1H3/t22-,24+/m0/s1. The molecule has 0 saturated carbocycles. The van der Waals surface area contributed by atoms with Gasteiger partial charge >= 0.3 is 5.97 Å². The highest BCUT2D eigenvalue weighted by molar-refractivity contribution is 5.87. The molecule has 142 valence electrons. The highest BCUT2D eigenvalue weighted by Gasteiger charge is 2.41. The summed E-state index contributed by atoms with van der Waals surface area (Å²) in [5.41, 5.74) is 4.36. The van der Waals surface area contributed by atoms with Crippen LogP contribution in [0.25, 0.3) is 5.76 Å². The lowest BCUT2D eigenvalue weighted by Gasteiger charge is -2.32. The van der Waals surface area contributed by atoms with Crippen molar-refractivity contribution in [2.24, 2.45) is 5.92 Å². The van der Waals surface area contributed by atoms with E-state index in [0.717, 1.165) is 22.3 Å². The van der Waals surface area contributed by atoms with Gasteiger partial charge in [0.05, 0.1) is 17.6 Å². The molecule has 2 atom stereocenters. The minimum Gasteiger partial charge on any atom is -0.425 e. The predicted octanol–water partition coefficient (Wildman–Crippen LogP) is 5.43. The van der Waals surface area contributed by atoms with Crippen molar-refractivity contribution < 1.29 is 9.53 Å². The largest absolute Gasteiger partial charge is 0.425 e. The van der Waals surface area contributed by atoms with E-state index >= 15 is 0 Å². The fourth-order valence-electron chi connectivity index (χ4n) is 3.97. The Hall–Kier alpha value is -3.64. The van der Waals surface area contributed by atoms with E-state index in [1.54, 1.807) is 0 Å². The highest BCUT2D eigenvalue weighted by Crippen LogP contribution is 2.43. The molecule has 0 aromatic heterocycles. The van der Waals surface area contributed by atoms with Crippen LogP contribution in [0.4, 0.5) is 0 Å². The zero-order chi connectivity index (χ0) is 20.2. The van der Waals surface area contributed by atoms with Gasteiger partial charge in [0.1, 0.15) is 0 Å². The molecule has 3 aromatic rings. The summed E-state index contributed by atoms with van der Waals surface area (Å²) >= 11 is 0. The zero-order valence-corrected chi connectivity index (χ0v) is 16.2. The summed E-state index contributed by atoms with van der Waals surface area (Å²) in [6, 6.07) is 29.7. The summed E-state index contributed by atoms with van der Waals surface area (Å²) < 4.78 is 5.76. The number of benzene rings is 3. The number of carbonyl (C=O) groups is 1. The summed E-state index contributed by atoms with van der Waals surface area (Å²) in [4.78, 5) is 13.1. The van der Waals surface area contributed by atoms with E-state index in [-0.39, 0.29) is 11.9 Å². The Balaban J connectivity index is 1.87. The Bertz CT molecular complexity index is 1090. The molecule has 0 saturated heterocycles. The van der Waals surface area contributed by atoms with E-state index in [1.165, 1.54) is 0 Å². The van der Waals surface area contributed by atoms with Crippen LogP contribution in [0.5, 0.6) is 0 Å². The first kappa shape index (κ1) is 18.7. The molecule has 0 aliphatic carbocycles. The van der Waals surface area contributed by atoms with Crippen molar-refractivity contribution in [3.05, 3.63) is 113 Å². The molecule has 0 N–H and O–H groups in total. The molecule has 0 radical (unpaired) electrons. The third kappa shape index (κ3) is 3.83. The number of rotatable bonds is 4. The maximum absolute atomic E-state index is 13.1. The van der Waals surface area contributed by atoms with E-state index in [1.807, 2.05) is 85.8 Å². The average Bonchev–Trinajstić information content (AvgIpc) is 2.76. The van der Waals surface area contributed by atoms with Gasteiger partial charge in [0.25, 0.3) is 0 Å². The minimum atomic E-state index is -0.457. The van der Waals surface area contributed by atoms with Crippen molar-refractivity contribution in [3.63, 3.8) is 0 Å². The molecule has 1 heterocycles. The van der Waals surface area contributed by atoms with Gasteiger partial charge in [-0.15, -0.1) is 0 Å². The molecule has 4 rings (SSSR count). The van der Waals surface area contributed by atoms with Gasteiger partial charge in [-0.1, -0.05) is 90.5 Å². The topological polar surface area (TPSA) is 50.1 Å². The van der Waals surface area contributed by atoms with Gasteiger partial charge in [0, 0.05) is 11.5 Å². The molecule has 1 aliphatic rings. The first-order chi connectivity index (χ1) is 14.2. The molecule has 0 amide bonds. The number of carbonyl (C=O) groups excluding carboxylic acids is 1. The predicted molar refractivity (Wildman–Crippen MR) is 113 cm³/mol. The number of ether oxygens (including phenoxy) is 1. The summed E-state index contributed by atoms with van der Waals surface area (Å²) in [5.74, 6) is -0.731. The summed E-state index contributed by atoms with van der Waals surface area (Å²) in [6.45, 7) is 2.02. The van der Waals surface area contributed by atoms with Crippen LogP contribution in [0.3, 0.4) is 0 Å². The summed E-state index contributed by atoms with van der Waals surface area (Å²) in [5, 5.41) is 10.1. The summed E-state index contributed by atoms with van der Waals surface area (Å²) in [7, 11) is 0. The average molecular weight is 379 g/mol. The molecule has 0 fully saturated rings. The first-order valence-electron chi connectivity index (χ1n) is 9.69. The van der Waals surface area contributed by atoms with Crippen LogP contribution in [0.1, 0.15) is 28.2 Å². The third-order valence-electron chi connectivity index (χ3n) is 5.32. The van der Waals surface area contributed by atoms with E-state index in [0.29, 0.717) is 17.8 Å². The van der Waals surface area contributed by atoms with Crippen LogP contribution in [-0.2, 0) is 16.0 Å². The van der Waals surface area contributed by atoms with E-state index in [4.69, 9.17) is 4.74 Å². The number of allylic oxidation sites excluding steroid dienone is 1. The van der Waals surface area contributed by atoms with Crippen LogP contribution in [0, 0.1) is 24.2 Å². The Kier molecular flexibility index (Phi) is 5.27. The second-order valence-electron chi connectivity index (χ2n) is 7.33. The normalized spacial score (nSPS) is 18.8. The fourth-order valence-corrected chi connectivity index (χ4v) is 3.97. The Morgan fingerprint density at radius 3 is 2.28 bits per heavy atom. The molecular formula is C26H21NO2. The maximum Gasteiger partial charge on any atom is 0.315 e. The van der Waals surface area contributed by atoms with Crippen molar-refractivity contribution in [1.82, 2.24) is 0 Å². The molecule has 0 spiro atoms. The Morgan fingerprint density at radius 2 is 1.62 bits per heavy atom. The van der Waals surface area contributed by atoms with Crippen LogP contribution in [0.2, 0.25) is 0 Å². The lowest BCUT2D eigenvalue weighted by atomic mass is 9.75. The van der Waals surface area contributed by atoms with Crippen molar-refractivity contribution in [1.29, 1.82) is 5.26 Å². The van der Waals surface area contributed by atoms with E-state index in [2.05, 4.69) is 12.1 Å². The van der Waals surface area contributed by atoms with Gasteiger partial charge in [-0.05, 0) is 24.5 Å². The second-order valence-corrected chi connectivity index (χ2v) is 7.33. The van der Waals surface area contributed by atoms with Gasteiger partial charge in [-0.2, -0.15) is 5.26 Å². The van der Waals surface area contributed by atoms with E-state index in [9.17, 15) is 10.1 Å². The molecule has 29 heavy (non-hydrogen) atoms. The lowest BCUT2D eigenvalue weighted by Crippen LogP contribution is -2.32. The maximum atomic E-state index is 13.1. The van der Waals surface area contributed by atoms with Crippen molar-refractivity contribution >= 4 is 11.7 Å². The van der Waals surface area contributed by atoms with Crippen molar-refractivity contribution in [2.45, 2.75) is 19.3 Å². The number of hydrogen-bond donors (Lipinski definition) is 0. The van der Waals surface area contributed by atoms with Gasteiger partial charge < -0.3 is 4.74 Å². The SMILES string of the molecule is Cc1cccc([C@H]2C(C#N)=C(c3ccccc3)OC(=O)[C@H]2Cc2ccccc2)c1. The molecule has 3 heteroatoms. The highest BCUT2D eigenvalue weighted by atomic mass is 16.5. The number of aryl methyl sites for hydroxylation is 1. The first-order valence-corrected chi connectivity index (χ1v) is 9.69. The van der Waals surface area contributed by atoms with Crippen LogP contribution >= 0.6 is 0 Å². The minimum absolute atomic E-state index is 0.293. The van der Waals surface area contributed by atoms with Gasteiger partial charge in [-0.3, -0.25) is 4.79 Å². The molecule has 0 bridgehead atoms. The smallest absolute Gasteiger partial charge is 0.315 e. The molecule has 3 nitrogen and oxygen atoms in total. The van der Waals surface area contributed by atoms with Gasteiger partial charge in [-0.25, -0.2) is 0 Å². The number of hydrogen-bond acceptors (Lipinski definition) is 3. The molecule has 3 aromatic carbocycles. The van der Waals surface area contributed by atoms with Crippen molar-refractivity contribution in [3.8, 4) is 6.07 Å². The fraction of sp³-hybridized carbons (Fsp3) is 0.154. The molecule has 0 unspecified atom stereocenters. The number of nitrogens with zero attached hydrogens (tertiary/aromatic N) is 1. The second kappa shape index (κ2) is 8.16. The summed E-state index contributed by atoms with van der Waals surface area (Å²) in [6.07, 6.45) is 0.519. The monoisotopic (exact) mass is 379 g/mol. The number of esters is 1. The van der Waals surface area contributed by atoms with Crippen LogP contribution < -0.4 is 0 Å². The Labute approximate surface area is 170 Å². The number of cyclic esters (lactones) is 1. The molecule has 1 aliphatic heterocycles. The quantitative estimate of drug-likeness (QED) is 0.568. The van der Waals surface area contributed by atoms with Crippen LogP contribution in [0.15, 0.2) is 90.5 Å². The third-order valence-corrected chi connectivity index (χ3v) is 5.32. The van der Waals surface area contributed by atoms with Crippen molar-refractivity contribution in [2.75, 3.05) is 0 Å². The van der Waals surface area contributed by atoms with Gasteiger partial charge in [0.2, 0.25) is 0 Å². The van der Waals surface area contributed by atoms with Crippen LogP contribution in [-0.4, -0.2) is 5.97 Å². The lowest BCUT2D eigenvalue weighted by molar-refractivity contribution is -0.143. The zero-order valence-electron chi connectivity index (χ0n) is 16.2. The molecular weight excluding hydrogens is 358 g/mol. The Morgan fingerprint density at radius 1 is 0.931 bits per heavy atom. The number of nitriles is 1. The van der Waals surface area contributed by atoms with E-state index < -0.39 is 5.92 Å². The van der Waals surface area contributed by atoms with Gasteiger partial charge in [0.15, 0.2) is 5.76 Å².